The Morgan fingerprint density at radius 1 is 0.941 bits per heavy atom. The van der Waals surface area contributed by atoms with Crippen LogP contribution in [0.3, 0.4) is 0 Å². The number of carbonyl (C=O) groups excluding carboxylic acids is 2. The molecular weight excluding hydrogens is 422 g/mol. The van der Waals surface area contributed by atoms with Crippen LogP contribution >= 0.6 is 0 Å². The van der Waals surface area contributed by atoms with Gasteiger partial charge in [0, 0.05) is 36.6 Å². The molecule has 4 rings (SSSR count). The Morgan fingerprint density at radius 3 is 2.24 bits per heavy atom. The quantitative estimate of drug-likeness (QED) is 0.524. The lowest BCUT2D eigenvalue weighted by Gasteiger charge is -2.39. The summed E-state index contributed by atoms with van der Waals surface area (Å²) in [5, 5.41) is 0. The lowest BCUT2D eigenvalue weighted by Crippen LogP contribution is -2.49. The summed E-state index contributed by atoms with van der Waals surface area (Å²) in [7, 11) is 0. The van der Waals surface area contributed by atoms with E-state index in [0.29, 0.717) is 12.1 Å². The molecule has 1 aliphatic heterocycles. The van der Waals surface area contributed by atoms with E-state index in [0.717, 1.165) is 17.8 Å². The van der Waals surface area contributed by atoms with Crippen LogP contribution in [0.15, 0.2) is 72.9 Å². The van der Waals surface area contributed by atoms with Crippen molar-refractivity contribution in [3.63, 3.8) is 0 Å². The molecule has 0 radical (unpaired) electrons. The zero-order chi connectivity index (χ0) is 24.5. The van der Waals surface area contributed by atoms with E-state index in [1.807, 2.05) is 67.3 Å². The van der Waals surface area contributed by atoms with Crippen molar-refractivity contribution >= 4 is 11.8 Å². The normalized spacial score (nSPS) is 15.8. The van der Waals surface area contributed by atoms with Gasteiger partial charge in [-0.2, -0.15) is 0 Å². The lowest BCUT2D eigenvalue weighted by atomic mass is 9.86. The van der Waals surface area contributed by atoms with Crippen LogP contribution in [0.2, 0.25) is 0 Å². The van der Waals surface area contributed by atoms with E-state index in [-0.39, 0.29) is 35.9 Å². The molecule has 0 saturated heterocycles. The summed E-state index contributed by atoms with van der Waals surface area (Å²) in [6.07, 6.45) is 2.07. The number of amides is 2. The highest BCUT2D eigenvalue weighted by atomic mass is 16.2. The van der Waals surface area contributed by atoms with Crippen molar-refractivity contribution in [1.82, 2.24) is 14.4 Å². The molecule has 2 heterocycles. The highest BCUT2D eigenvalue weighted by Gasteiger charge is 2.34. The van der Waals surface area contributed by atoms with Gasteiger partial charge in [0.25, 0.3) is 5.91 Å². The summed E-state index contributed by atoms with van der Waals surface area (Å²) < 4.78 is 2.21. The molecule has 0 saturated carbocycles. The molecule has 0 N–H and O–H groups in total. The molecule has 1 aromatic heterocycles. The Morgan fingerprint density at radius 2 is 1.62 bits per heavy atom. The van der Waals surface area contributed by atoms with Gasteiger partial charge in [0.05, 0.1) is 6.04 Å². The zero-order valence-corrected chi connectivity index (χ0v) is 20.9. The molecule has 1 aliphatic rings. The summed E-state index contributed by atoms with van der Waals surface area (Å²) in [5.74, 6) is -0.143. The van der Waals surface area contributed by atoms with Crippen LogP contribution in [-0.4, -0.2) is 45.3 Å². The van der Waals surface area contributed by atoms with Crippen molar-refractivity contribution < 1.29 is 9.59 Å². The van der Waals surface area contributed by atoms with E-state index in [1.54, 1.807) is 4.90 Å². The summed E-state index contributed by atoms with van der Waals surface area (Å²) in [6, 6.07) is 21.8. The second kappa shape index (κ2) is 9.49. The van der Waals surface area contributed by atoms with Crippen LogP contribution < -0.4 is 0 Å². The maximum Gasteiger partial charge on any atom is 0.254 e. The Bertz CT molecular complexity index is 1140. The van der Waals surface area contributed by atoms with Gasteiger partial charge < -0.3 is 14.4 Å². The van der Waals surface area contributed by atoms with E-state index < -0.39 is 0 Å². The van der Waals surface area contributed by atoms with Crippen molar-refractivity contribution in [1.29, 1.82) is 0 Å². The second-order valence-electron chi connectivity index (χ2n) is 10.4. The van der Waals surface area contributed by atoms with Gasteiger partial charge in [-0.15, -0.1) is 0 Å². The molecule has 3 aromatic rings. The van der Waals surface area contributed by atoms with Crippen LogP contribution in [0, 0.1) is 0 Å². The molecule has 0 bridgehead atoms. The average molecular weight is 458 g/mol. The topological polar surface area (TPSA) is 45.6 Å². The van der Waals surface area contributed by atoms with E-state index >= 15 is 0 Å². The highest BCUT2D eigenvalue weighted by Crippen LogP contribution is 2.32. The minimum atomic E-state index is -0.160. The van der Waals surface area contributed by atoms with Crippen LogP contribution in [0.5, 0.6) is 0 Å². The monoisotopic (exact) mass is 457 g/mol. The first-order valence-corrected chi connectivity index (χ1v) is 12.1. The molecule has 5 nitrogen and oxygen atoms in total. The van der Waals surface area contributed by atoms with Crippen molar-refractivity contribution in [2.75, 3.05) is 13.1 Å². The molecule has 34 heavy (non-hydrogen) atoms. The SMILES string of the molecule is CC(C)N(CC(=O)N1CCn2cccc2C1c1ccccc1)C(=O)c1ccc(C(C)(C)C)cc1. The van der Waals surface area contributed by atoms with Gasteiger partial charge in [0.15, 0.2) is 0 Å². The van der Waals surface area contributed by atoms with E-state index in [1.165, 1.54) is 5.56 Å². The van der Waals surface area contributed by atoms with Gasteiger partial charge in [0.1, 0.15) is 6.54 Å². The summed E-state index contributed by atoms with van der Waals surface area (Å²) in [6.45, 7) is 11.8. The maximum absolute atomic E-state index is 13.7. The van der Waals surface area contributed by atoms with Crippen LogP contribution in [0.1, 0.15) is 67.8 Å². The predicted molar refractivity (Wildman–Crippen MR) is 136 cm³/mol. The maximum atomic E-state index is 13.7. The molecule has 2 amide bonds. The number of rotatable bonds is 5. The van der Waals surface area contributed by atoms with Crippen molar-refractivity contribution in [2.45, 2.75) is 58.7 Å². The number of hydrogen-bond acceptors (Lipinski definition) is 2. The molecule has 178 valence electrons. The number of nitrogens with zero attached hydrogens (tertiary/aromatic N) is 3. The largest absolute Gasteiger partial charge is 0.348 e. The van der Waals surface area contributed by atoms with E-state index in [2.05, 4.69) is 49.7 Å². The van der Waals surface area contributed by atoms with Gasteiger partial charge in [-0.25, -0.2) is 0 Å². The molecular formula is C29H35N3O2. The fourth-order valence-electron chi connectivity index (χ4n) is 4.64. The fraction of sp³-hybridized carbons (Fsp3) is 0.379. The summed E-state index contributed by atoms with van der Waals surface area (Å²) in [5.41, 5.74) is 4.00. The Labute approximate surface area is 203 Å². The van der Waals surface area contributed by atoms with Gasteiger partial charge in [-0.3, -0.25) is 9.59 Å². The van der Waals surface area contributed by atoms with Crippen molar-refractivity contribution in [2.24, 2.45) is 0 Å². The second-order valence-corrected chi connectivity index (χ2v) is 10.4. The fourth-order valence-corrected chi connectivity index (χ4v) is 4.64. The first kappa shape index (κ1) is 23.8. The van der Waals surface area contributed by atoms with E-state index in [9.17, 15) is 9.59 Å². The van der Waals surface area contributed by atoms with Crippen LogP contribution in [-0.2, 0) is 16.8 Å². The summed E-state index contributed by atoms with van der Waals surface area (Å²) >= 11 is 0. The van der Waals surface area contributed by atoms with E-state index in [4.69, 9.17) is 0 Å². The zero-order valence-electron chi connectivity index (χ0n) is 20.9. The molecule has 0 spiro atoms. The number of fused-ring (bicyclic) bond motifs is 1. The minimum absolute atomic E-state index is 0.0215. The van der Waals surface area contributed by atoms with Crippen LogP contribution in [0.25, 0.3) is 0 Å². The van der Waals surface area contributed by atoms with Crippen molar-refractivity contribution in [3.8, 4) is 0 Å². The Balaban J connectivity index is 1.58. The first-order valence-electron chi connectivity index (χ1n) is 12.1. The van der Waals surface area contributed by atoms with Crippen molar-refractivity contribution in [3.05, 3.63) is 95.3 Å². The highest BCUT2D eigenvalue weighted by molar-refractivity contribution is 5.96. The molecule has 1 unspecified atom stereocenters. The molecule has 0 fully saturated rings. The lowest BCUT2D eigenvalue weighted by molar-refractivity contribution is -0.135. The van der Waals surface area contributed by atoms with Gasteiger partial charge >= 0.3 is 0 Å². The van der Waals surface area contributed by atoms with Crippen LogP contribution in [0.4, 0.5) is 0 Å². The number of carbonyl (C=O) groups is 2. The Hall–Kier alpha value is -3.34. The Kier molecular flexibility index (Phi) is 6.65. The third-order valence-electron chi connectivity index (χ3n) is 6.66. The molecule has 2 aromatic carbocycles. The van der Waals surface area contributed by atoms with Gasteiger partial charge in [-0.1, -0.05) is 63.2 Å². The minimum Gasteiger partial charge on any atom is -0.348 e. The predicted octanol–water partition coefficient (Wildman–Crippen LogP) is 5.27. The molecule has 5 heteroatoms. The number of hydrogen-bond donors (Lipinski definition) is 0. The molecule has 1 atom stereocenters. The molecule has 0 aliphatic carbocycles. The van der Waals surface area contributed by atoms with Gasteiger partial charge in [0.2, 0.25) is 5.91 Å². The average Bonchev–Trinajstić information content (AvgIpc) is 3.30. The smallest absolute Gasteiger partial charge is 0.254 e. The standard InChI is InChI=1S/C29H35N3O2/c1-21(2)32(28(34)23-13-15-24(16-14-23)29(3,4)5)20-26(33)31-19-18-30-17-9-12-25(30)27(31)22-10-7-6-8-11-22/h6-17,21,27H,18-20H2,1-5H3. The van der Waals surface area contributed by atoms with Gasteiger partial charge in [-0.05, 0) is 54.7 Å². The summed E-state index contributed by atoms with van der Waals surface area (Å²) in [4.78, 5) is 30.7. The third kappa shape index (κ3) is 4.79. The first-order chi connectivity index (χ1) is 16.2. The third-order valence-corrected chi connectivity index (χ3v) is 6.66. The number of aromatic nitrogens is 1. The number of benzene rings is 2.